The lowest BCUT2D eigenvalue weighted by Crippen LogP contribution is -2.29. The Hall–Kier alpha value is -2.52. The molecule has 0 aliphatic carbocycles. The van der Waals surface area contributed by atoms with Gasteiger partial charge in [-0.05, 0) is 53.1 Å². The van der Waals surface area contributed by atoms with Gasteiger partial charge in [0.05, 0.1) is 0 Å². The first-order valence-corrected chi connectivity index (χ1v) is 8.04. The molecule has 0 fully saturated rings. The number of hydrogen-bond acceptors (Lipinski definition) is 2. The number of carboxylic acid groups (broad SMARTS) is 1. The van der Waals surface area contributed by atoms with Crippen molar-refractivity contribution in [1.29, 1.82) is 0 Å². The zero-order valence-corrected chi connectivity index (χ0v) is 14.0. The number of carboxylic acids is 1. The summed E-state index contributed by atoms with van der Waals surface area (Å²) in [5, 5.41) is 12.2. The Morgan fingerprint density at radius 3 is 2.58 bits per heavy atom. The van der Waals surface area contributed by atoms with E-state index in [1.165, 1.54) is 0 Å². The number of carbonyl (C=O) groups is 1. The van der Waals surface area contributed by atoms with Crippen LogP contribution in [0.4, 0.5) is 0 Å². The second-order valence-electron chi connectivity index (χ2n) is 5.73. The third-order valence-electron chi connectivity index (χ3n) is 3.99. The van der Waals surface area contributed by atoms with Crippen LogP contribution in [-0.2, 0) is 11.2 Å². The molecule has 0 saturated heterocycles. The van der Waals surface area contributed by atoms with E-state index in [1.807, 2.05) is 49.4 Å². The molecule has 3 aromatic rings. The van der Waals surface area contributed by atoms with Gasteiger partial charge in [-0.25, -0.2) is 4.79 Å². The van der Waals surface area contributed by atoms with Crippen molar-refractivity contribution in [2.75, 3.05) is 0 Å². The fourth-order valence-electron chi connectivity index (χ4n) is 2.64. The minimum Gasteiger partial charge on any atom is -0.478 e. The smallest absolute Gasteiger partial charge is 0.345 e. The van der Waals surface area contributed by atoms with Gasteiger partial charge in [0.25, 0.3) is 0 Å². The predicted molar refractivity (Wildman–Crippen MR) is 95.9 cm³/mol. The molecular weight excluding hydrogens is 324 g/mol. The van der Waals surface area contributed by atoms with E-state index < -0.39 is 12.1 Å². The summed E-state index contributed by atoms with van der Waals surface area (Å²) in [6.07, 6.45) is -0.711. The Morgan fingerprint density at radius 1 is 1.08 bits per heavy atom. The van der Waals surface area contributed by atoms with E-state index in [-0.39, 0.29) is 6.42 Å². The van der Waals surface area contributed by atoms with E-state index >= 15 is 0 Å². The van der Waals surface area contributed by atoms with E-state index in [2.05, 4.69) is 0 Å². The third kappa shape index (κ3) is 3.69. The van der Waals surface area contributed by atoms with Crippen LogP contribution in [0.25, 0.3) is 10.8 Å². The summed E-state index contributed by atoms with van der Waals surface area (Å²) in [4.78, 5) is 11.6. The van der Waals surface area contributed by atoms with Crippen molar-refractivity contribution in [3.8, 4) is 5.75 Å². The van der Waals surface area contributed by atoms with Crippen LogP contribution in [0.15, 0.2) is 60.7 Å². The van der Waals surface area contributed by atoms with E-state index in [0.717, 1.165) is 21.9 Å². The Bertz CT molecular complexity index is 889. The van der Waals surface area contributed by atoms with Crippen LogP contribution >= 0.6 is 11.6 Å². The maximum absolute atomic E-state index is 11.6. The summed E-state index contributed by atoms with van der Waals surface area (Å²) in [7, 11) is 0. The van der Waals surface area contributed by atoms with Crippen molar-refractivity contribution in [3.63, 3.8) is 0 Å². The van der Waals surface area contributed by atoms with Crippen LogP contribution in [0.1, 0.15) is 11.1 Å². The van der Waals surface area contributed by atoms with Gasteiger partial charge in [-0.2, -0.15) is 0 Å². The van der Waals surface area contributed by atoms with Crippen molar-refractivity contribution in [1.82, 2.24) is 0 Å². The van der Waals surface area contributed by atoms with Gasteiger partial charge in [-0.3, -0.25) is 0 Å². The van der Waals surface area contributed by atoms with Crippen molar-refractivity contribution >= 4 is 28.3 Å². The molecule has 4 heteroatoms. The molecule has 0 bridgehead atoms. The molecule has 24 heavy (non-hydrogen) atoms. The van der Waals surface area contributed by atoms with Crippen LogP contribution in [-0.4, -0.2) is 17.2 Å². The molecule has 3 aromatic carbocycles. The van der Waals surface area contributed by atoms with Gasteiger partial charge < -0.3 is 9.84 Å². The van der Waals surface area contributed by atoms with Gasteiger partial charge in [0.2, 0.25) is 0 Å². The molecule has 3 nitrogen and oxygen atoms in total. The molecule has 1 N–H and O–H groups in total. The van der Waals surface area contributed by atoms with Crippen molar-refractivity contribution < 1.29 is 14.6 Å². The maximum Gasteiger partial charge on any atom is 0.345 e. The van der Waals surface area contributed by atoms with E-state index in [0.29, 0.717) is 10.8 Å². The minimum absolute atomic E-state index is 0.258. The Kier molecular flexibility index (Phi) is 4.72. The van der Waals surface area contributed by atoms with E-state index in [4.69, 9.17) is 16.3 Å². The first kappa shape index (κ1) is 16.3. The quantitative estimate of drug-likeness (QED) is 0.720. The molecule has 0 saturated carbocycles. The van der Waals surface area contributed by atoms with Gasteiger partial charge in [-0.15, -0.1) is 0 Å². The average molecular weight is 341 g/mol. The van der Waals surface area contributed by atoms with Gasteiger partial charge >= 0.3 is 5.97 Å². The fourth-order valence-corrected chi connectivity index (χ4v) is 2.84. The number of hydrogen-bond donors (Lipinski definition) is 1. The molecule has 3 rings (SSSR count). The lowest BCUT2D eigenvalue weighted by molar-refractivity contribution is -0.145. The standard InChI is InChI=1S/C20H17ClO3/c1-13-6-8-17(21)10-16(13)12-19(20(22)23)24-18-9-7-14-4-2-3-5-15(14)11-18/h2-11,19H,12H2,1H3,(H,22,23). The van der Waals surface area contributed by atoms with Crippen LogP contribution in [0.5, 0.6) is 5.75 Å². The van der Waals surface area contributed by atoms with Crippen LogP contribution < -0.4 is 4.74 Å². The SMILES string of the molecule is Cc1ccc(Cl)cc1CC(Oc1ccc2ccccc2c1)C(=O)O. The summed E-state index contributed by atoms with van der Waals surface area (Å²) in [6.45, 7) is 1.93. The number of aliphatic carboxylic acids is 1. The number of halogens is 1. The predicted octanol–water partition coefficient (Wildman–Crippen LogP) is 4.88. The minimum atomic E-state index is -0.998. The molecule has 0 aliphatic rings. The van der Waals surface area contributed by atoms with Gasteiger partial charge in [-0.1, -0.05) is 48.0 Å². The molecule has 1 atom stereocenters. The number of ether oxygens (including phenoxy) is 1. The third-order valence-corrected chi connectivity index (χ3v) is 4.23. The lowest BCUT2D eigenvalue weighted by Gasteiger charge is -2.17. The molecule has 0 aliphatic heterocycles. The molecule has 1 unspecified atom stereocenters. The van der Waals surface area contributed by atoms with Crippen molar-refractivity contribution in [3.05, 3.63) is 76.8 Å². The van der Waals surface area contributed by atoms with Gasteiger partial charge in [0.1, 0.15) is 5.75 Å². The fraction of sp³-hybridized carbons (Fsp3) is 0.150. The molecule has 0 aromatic heterocycles. The number of rotatable bonds is 5. The highest BCUT2D eigenvalue weighted by molar-refractivity contribution is 6.30. The Balaban J connectivity index is 1.85. The molecule has 0 amide bonds. The second kappa shape index (κ2) is 6.93. The zero-order chi connectivity index (χ0) is 17.1. The molecule has 0 heterocycles. The molecular formula is C20H17ClO3. The summed E-state index contributed by atoms with van der Waals surface area (Å²) in [5.74, 6) is -0.455. The summed E-state index contributed by atoms with van der Waals surface area (Å²) >= 11 is 6.02. The number of benzene rings is 3. The van der Waals surface area contributed by atoms with Crippen LogP contribution in [0.3, 0.4) is 0 Å². The largest absolute Gasteiger partial charge is 0.478 e. The van der Waals surface area contributed by atoms with Gasteiger partial charge in [0, 0.05) is 11.4 Å². The Morgan fingerprint density at radius 2 is 1.83 bits per heavy atom. The highest BCUT2D eigenvalue weighted by Gasteiger charge is 2.21. The summed E-state index contributed by atoms with van der Waals surface area (Å²) in [5.41, 5.74) is 1.86. The highest BCUT2D eigenvalue weighted by Crippen LogP contribution is 2.23. The molecule has 0 radical (unpaired) electrons. The number of fused-ring (bicyclic) bond motifs is 1. The summed E-state index contributed by atoms with van der Waals surface area (Å²) in [6, 6.07) is 18.9. The van der Waals surface area contributed by atoms with Crippen LogP contribution in [0.2, 0.25) is 5.02 Å². The van der Waals surface area contributed by atoms with Crippen LogP contribution in [0, 0.1) is 6.92 Å². The average Bonchev–Trinajstić information content (AvgIpc) is 2.57. The normalized spacial score (nSPS) is 12.1. The van der Waals surface area contributed by atoms with Crippen molar-refractivity contribution in [2.45, 2.75) is 19.4 Å². The zero-order valence-electron chi connectivity index (χ0n) is 13.2. The van der Waals surface area contributed by atoms with Gasteiger partial charge in [0.15, 0.2) is 6.10 Å². The molecule has 0 spiro atoms. The lowest BCUT2D eigenvalue weighted by atomic mass is 10.0. The van der Waals surface area contributed by atoms with E-state index in [1.54, 1.807) is 18.2 Å². The topological polar surface area (TPSA) is 46.5 Å². The maximum atomic E-state index is 11.6. The van der Waals surface area contributed by atoms with E-state index in [9.17, 15) is 9.90 Å². The highest BCUT2D eigenvalue weighted by atomic mass is 35.5. The molecule has 122 valence electrons. The second-order valence-corrected chi connectivity index (χ2v) is 6.17. The van der Waals surface area contributed by atoms with Crippen molar-refractivity contribution in [2.24, 2.45) is 0 Å². The first-order chi connectivity index (χ1) is 11.5. The monoisotopic (exact) mass is 340 g/mol. The summed E-state index contributed by atoms with van der Waals surface area (Å²) < 4.78 is 5.74. The number of aryl methyl sites for hydroxylation is 1. The first-order valence-electron chi connectivity index (χ1n) is 7.66. The Labute approximate surface area is 145 Å².